The normalized spacial score (nSPS) is 11.4. The Morgan fingerprint density at radius 3 is 2.03 bits per heavy atom. The maximum Gasteiger partial charge on any atom is 0.0687 e. The summed E-state index contributed by atoms with van der Waals surface area (Å²) < 4.78 is 0. The summed E-state index contributed by atoms with van der Waals surface area (Å²) in [4.78, 5) is 15.5. The van der Waals surface area contributed by atoms with E-state index in [-0.39, 0.29) is 65.4 Å². The molecule has 0 unspecified atom stereocenters. The Labute approximate surface area is 220 Å². The van der Waals surface area contributed by atoms with E-state index in [0.717, 1.165) is 61.2 Å². The molecular formula is C23H21N4Y2-. The van der Waals surface area contributed by atoms with E-state index in [1.165, 1.54) is 5.56 Å². The van der Waals surface area contributed by atoms with Crippen molar-refractivity contribution in [2.45, 2.75) is 27.7 Å². The molecule has 2 radical (unpaired) electrons. The van der Waals surface area contributed by atoms with E-state index in [1.807, 2.05) is 6.07 Å². The first-order valence-electron chi connectivity index (χ1n) is 9.17. The molecular weight excluding hydrogens is 510 g/mol. The quantitative estimate of drug-likeness (QED) is 0.220. The second kappa shape index (κ2) is 8.59. The first-order valence-corrected chi connectivity index (χ1v) is 9.17. The van der Waals surface area contributed by atoms with E-state index >= 15 is 0 Å². The van der Waals surface area contributed by atoms with Crippen LogP contribution in [0.5, 0.6) is 0 Å². The van der Waals surface area contributed by atoms with Crippen molar-refractivity contribution in [2.24, 2.45) is 0 Å². The Morgan fingerprint density at radius 2 is 1.34 bits per heavy atom. The van der Waals surface area contributed by atoms with Crippen LogP contribution in [0.3, 0.4) is 0 Å². The monoisotopic (exact) mass is 531 g/mol. The summed E-state index contributed by atoms with van der Waals surface area (Å²) in [7, 11) is 0. The number of rotatable bonds is 0. The van der Waals surface area contributed by atoms with Crippen molar-refractivity contribution in [2.75, 3.05) is 0 Å². The van der Waals surface area contributed by atoms with Gasteiger partial charge in [-0.25, -0.2) is 4.98 Å². The van der Waals surface area contributed by atoms with E-state index in [9.17, 15) is 0 Å². The van der Waals surface area contributed by atoms with E-state index < -0.39 is 0 Å². The molecule has 1 aliphatic heterocycles. The molecule has 4 nitrogen and oxygen atoms in total. The second-order valence-electron chi connectivity index (χ2n) is 7.32. The SMILES string of the molecule is Cc1c2nc(c(C)c3cc(C)c([nH]3)c3c[c-]c([nH]3)c(C)c3ccc1[nH]3)C=C2.[Y].[Y]. The van der Waals surface area contributed by atoms with Crippen LogP contribution in [0.1, 0.15) is 33.6 Å². The van der Waals surface area contributed by atoms with Crippen LogP contribution < -0.4 is 0 Å². The minimum Gasteiger partial charge on any atom is -0.426 e. The number of aryl methyl sites for hydroxylation is 4. The maximum absolute atomic E-state index is 4.88. The van der Waals surface area contributed by atoms with E-state index in [0.29, 0.717) is 0 Å². The fourth-order valence-electron chi connectivity index (χ4n) is 3.75. The number of aromatic amines is 3. The number of nitrogens with one attached hydrogen (secondary N) is 3. The zero-order valence-electron chi connectivity index (χ0n) is 17.1. The van der Waals surface area contributed by atoms with Gasteiger partial charge in [0.1, 0.15) is 0 Å². The van der Waals surface area contributed by atoms with Crippen LogP contribution in [0, 0.1) is 33.8 Å². The third-order valence-corrected chi connectivity index (χ3v) is 5.59. The minimum atomic E-state index is 0. The molecule has 29 heavy (non-hydrogen) atoms. The third kappa shape index (κ3) is 3.85. The van der Waals surface area contributed by atoms with Crippen LogP contribution in [-0.2, 0) is 65.4 Å². The summed E-state index contributed by atoms with van der Waals surface area (Å²) in [6.07, 6.45) is 4.19. The molecule has 8 bridgehead atoms. The molecule has 0 aliphatic carbocycles. The van der Waals surface area contributed by atoms with Crippen LogP contribution >= 0.6 is 0 Å². The molecule has 0 aromatic carbocycles. The van der Waals surface area contributed by atoms with Crippen LogP contribution in [0.25, 0.3) is 45.3 Å². The molecule has 0 fully saturated rings. The summed E-state index contributed by atoms with van der Waals surface area (Å²) in [6, 6.07) is 11.8. The van der Waals surface area contributed by atoms with Gasteiger partial charge in [-0.05, 0) is 78.8 Å². The summed E-state index contributed by atoms with van der Waals surface area (Å²) in [5.41, 5.74) is 13.0. The summed E-state index contributed by atoms with van der Waals surface area (Å²) >= 11 is 0. The Bertz CT molecular complexity index is 1370. The fraction of sp³-hybridized carbons (Fsp3) is 0.174. The van der Waals surface area contributed by atoms with E-state index in [1.54, 1.807) is 0 Å². The number of hydrogen-bond donors (Lipinski definition) is 3. The van der Waals surface area contributed by atoms with Crippen molar-refractivity contribution < 1.29 is 65.4 Å². The topological polar surface area (TPSA) is 60.3 Å². The molecule has 5 heterocycles. The molecule has 0 saturated carbocycles. The third-order valence-electron chi connectivity index (χ3n) is 5.59. The molecule has 5 rings (SSSR count). The predicted octanol–water partition coefficient (Wildman–Crippen LogP) is 5.72. The molecule has 3 N–H and O–H groups in total. The average molecular weight is 531 g/mol. The van der Waals surface area contributed by atoms with Crippen LogP contribution in [0.15, 0.2) is 24.3 Å². The standard InChI is InChI=1S/C23H21N4.2Y/c1-12-11-22-15(4)20-8-7-17(25-20)13(2)16-5-6-18(24-16)14(3)19-9-10-21(26-19)23(12)27-22;;/h5-8,10-11,24,26-27H,1-4H3;;/q-1;;. The van der Waals surface area contributed by atoms with Gasteiger partial charge in [-0.15, -0.1) is 11.6 Å². The van der Waals surface area contributed by atoms with Gasteiger partial charge >= 0.3 is 0 Å². The molecule has 140 valence electrons. The van der Waals surface area contributed by atoms with Gasteiger partial charge in [0.15, 0.2) is 0 Å². The van der Waals surface area contributed by atoms with Gasteiger partial charge in [0.2, 0.25) is 0 Å². The van der Waals surface area contributed by atoms with Crippen LogP contribution in [0.2, 0.25) is 0 Å². The second-order valence-corrected chi connectivity index (χ2v) is 7.32. The van der Waals surface area contributed by atoms with Crippen LogP contribution in [-0.4, -0.2) is 19.9 Å². The summed E-state index contributed by atoms with van der Waals surface area (Å²) in [5.74, 6) is 0. The molecule has 0 atom stereocenters. The predicted molar refractivity (Wildman–Crippen MR) is 113 cm³/mol. The summed E-state index contributed by atoms with van der Waals surface area (Å²) in [6.45, 7) is 8.46. The van der Waals surface area contributed by atoms with Crippen molar-refractivity contribution in [1.29, 1.82) is 0 Å². The van der Waals surface area contributed by atoms with Gasteiger partial charge in [-0.3, -0.25) is 0 Å². The molecule has 6 heteroatoms. The fourth-order valence-corrected chi connectivity index (χ4v) is 3.75. The number of hydrogen-bond acceptors (Lipinski definition) is 1. The van der Waals surface area contributed by atoms with E-state index in [2.05, 4.69) is 79.1 Å². The van der Waals surface area contributed by atoms with Gasteiger partial charge in [0.05, 0.1) is 11.4 Å². The maximum atomic E-state index is 4.88. The molecule has 4 aromatic heterocycles. The molecule has 0 saturated heterocycles. The molecule has 4 aromatic rings. The van der Waals surface area contributed by atoms with Crippen molar-refractivity contribution in [3.63, 3.8) is 0 Å². The molecule has 0 amide bonds. The average Bonchev–Trinajstić information content (AvgIpc) is 3.44. The van der Waals surface area contributed by atoms with Crippen molar-refractivity contribution >= 4 is 45.3 Å². The van der Waals surface area contributed by atoms with Gasteiger partial charge in [0, 0.05) is 82.0 Å². The number of fused-ring (bicyclic) bond motifs is 9. The van der Waals surface area contributed by atoms with Gasteiger partial charge in [-0.1, -0.05) is 12.4 Å². The van der Waals surface area contributed by atoms with Gasteiger partial charge in [0.25, 0.3) is 0 Å². The first kappa shape index (κ1) is 22.6. The van der Waals surface area contributed by atoms with Crippen molar-refractivity contribution in [3.05, 3.63) is 64.0 Å². The smallest absolute Gasteiger partial charge is 0.0687 e. The van der Waals surface area contributed by atoms with Gasteiger partial charge in [-0.2, -0.15) is 6.07 Å². The largest absolute Gasteiger partial charge is 0.426 e. The number of aromatic nitrogens is 4. The van der Waals surface area contributed by atoms with E-state index in [4.69, 9.17) is 4.98 Å². The number of H-pyrrole nitrogens is 3. The Kier molecular flexibility index (Phi) is 6.70. The summed E-state index contributed by atoms with van der Waals surface area (Å²) in [5, 5.41) is 0. The van der Waals surface area contributed by atoms with Gasteiger partial charge < -0.3 is 15.0 Å². The zero-order valence-corrected chi connectivity index (χ0v) is 22.7. The molecule has 1 aliphatic rings. The number of nitrogens with zero attached hydrogens (tertiary/aromatic N) is 1. The Balaban J connectivity index is 0.00000120. The Hall–Kier alpha value is -1.06. The first-order chi connectivity index (χ1) is 13.0. The minimum absolute atomic E-state index is 0. The van der Waals surface area contributed by atoms with Crippen molar-refractivity contribution in [1.82, 2.24) is 19.9 Å². The Morgan fingerprint density at radius 1 is 0.724 bits per heavy atom. The molecule has 0 spiro atoms. The zero-order chi connectivity index (χ0) is 18.7. The van der Waals surface area contributed by atoms with Crippen molar-refractivity contribution in [3.8, 4) is 0 Å². The van der Waals surface area contributed by atoms with Crippen LogP contribution in [0.4, 0.5) is 0 Å².